The van der Waals surface area contributed by atoms with Crippen LogP contribution >= 0.6 is 11.6 Å². The fraction of sp³-hybridized carbons (Fsp3) is 0.346. The van der Waals surface area contributed by atoms with Crippen LogP contribution in [0, 0.1) is 0 Å². The van der Waals surface area contributed by atoms with Crippen molar-refractivity contribution in [2.75, 3.05) is 0 Å². The van der Waals surface area contributed by atoms with Crippen molar-refractivity contribution >= 4 is 23.5 Å². The molecule has 0 aliphatic heterocycles. The maximum absolute atomic E-state index is 12.9. The Labute approximate surface area is 208 Å². The number of aromatic carboxylic acids is 1. The number of aromatic nitrogens is 2. The third-order valence-corrected chi connectivity index (χ3v) is 6.12. The molecule has 1 aliphatic rings. The molecule has 3 aromatic rings. The van der Waals surface area contributed by atoms with Crippen molar-refractivity contribution in [3.8, 4) is 5.88 Å². The zero-order valence-corrected chi connectivity index (χ0v) is 20.0. The molecule has 1 aliphatic carbocycles. The third-order valence-electron chi connectivity index (χ3n) is 5.89. The van der Waals surface area contributed by atoms with Gasteiger partial charge < -0.3 is 19.9 Å². The van der Waals surface area contributed by atoms with E-state index in [0.29, 0.717) is 11.6 Å². The van der Waals surface area contributed by atoms with Crippen molar-refractivity contribution in [2.24, 2.45) is 0 Å². The molecule has 0 spiro atoms. The van der Waals surface area contributed by atoms with Crippen LogP contribution in [0.4, 0.5) is 0 Å². The fourth-order valence-electron chi connectivity index (χ4n) is 4.15. The summed E-state index contributed by atoms with van der Waals surface area (Å²) >= 11 is 6.02. The highest BCUT2D eigenvalue weighted by atomic mass is 35.5. The van der Waals surface area contributed by atoms with Gasteiger partial charge in [0.25, 0.3) is 0 Å². The topological polar surface area (TPSA) is 103 Å². The van der Waals surface area contributed by atoms with Crippen LogP contribution in [0.1, 0.15) is 47.3 Å². The second kappa shape index (κ2) is 11.9. The molecule has 0 radical (unpaired) electrons. The van der Waals surface area contributed by atoms with E-state index in [2.05, 4.69) is 10.4 Å². The second-order valence-electron chi connectivity index (χ2n) is 8.54. The van der Waals surface area contributed by atoms with Crippen LogP contribution in [0.2, 0.25) is 5.02 Å². The predicted molar refractivity (Wildman–Crippen MR) is 130 cm³/mol. The molecule has 184 valence electrons. The van der Waals surface area contributed by atoms with Gasteiger partial charge in [0.05, 0.1) is 18.8 Å². The number of carbonyl (C=O) groups excluding carboxylic acids is 1. The van der Waals surface area contributed by atoms with Crippen LogP contribution < -0.4 is 10.1 Å². The first-order chi connectivity index (χ1) is 17.0. The van der Waals surface area contributed by atoms with E-state index in [1.54, 1.807) is 18.2 Å². The molecule has 0 saturated heterocycles. The number of rotatable bonds is 10. The number of halogens is 1. The Hall–Kier alpha value is -3.36. The van der Waals surface area contributed by atoms with E-state index in [-0.39, 0.29) is 42.8 Å². The summed E-state index contributed by atoms with van der Waals surface area (Å²) < 4.78 is 13.2. The summed E-state index contributed by atoms with van der Waals surface area (Å²) in [6, 6.07) is 18.3. The smallest absolute Gasteiger partial charge is 0.356 e. The van der Waals surface area contributed by atoms with E-state index in [9.17, 15) is 14.7 Å². The number of amides is 1. The summed E-state index contributed by atoms with van der Waals surface area (Å²) in [5.41, 5.74) is 1.70. The molecule has 4 rings (SSSR count). The van der Waals surface area contributed by atoms with Crippen LogP contribution in [-0.2, 0) is 29.3 Å². The quantitative estimate of drug-likeness (QED) is 0.429. The van der Waals surface area contributed by atoms with Gasteiger partial charge in [0, 0.05) is 11.1 Å². The first kappa shape index (κ1) is 24.8. The first-order valence-electron chi connectivity index (χ1n) is 11.6. The molecule has 1 heterocycles. The maximum Gasteiger partial charge on any atom is 0.356 e. The minimum Gasteiger partial charge on any atom is -0.476 e. The van der Waals surface area contributed by atoms with E-state index in [0.717, 1.165) is 36.8 Å². The highest BCUT2D eigenvalue weighted by molar-refractivity contribution is 6.30. The highest BCUT2D eigenvalue weighted by Crippen LogP contribution is 2.23. The van der Waals surface area contributed by atoms with Gasteiger partial charge in [-0.15, -0.1) is 0 Å². The Kier molecular flexibility index (Phi) is 8.39. The lowest BCUT2D eigenvalue weighted by atomic mass is 9.92. The summed E-state index contributed by atoms with van der Waals surface area (Å²) in [6.07, 6.45) is 3.67. The minimum absolute atomic E-state index is 0.0846. The molecule has 8 nitrogen and oxygen atoms in total. The minimum atomic E-state index is -1.20. The molecule has 2 aromatic carbocycles. The third kappa shape index (κ3) is 7.07. The molecule has 1 saturated carbocycles. The Bertz CT molecular complexity index is 1150. The Balaban J connectivity index is 1.38. The number of nitrogens with one attached hydrogen (secondary N) is 1. The fourth-order valence-corrected chi connectivity index (χ4v) is 4.36. The highest BCUT2D eigenvalue weighted by Gasteiger charge is 2.28. The van der Waals surface area contributed by atoms with E-state index in [4.69, 9.17) is 21.1 Å². The lowest BCUT2D eigenvalue weighted by Gasteiger charge is -2.32. The number of nitrogens with zero attached hydrogens (tertiary/aromatic N) is 2. The first-order valence-corrected chi connectivity index (χ1v) is 12.0. The van der Waals surface area contributed by atoms with Crippen LogP contribution in [0.3, 0.4) is 0 Å². The van der Waals surface area contributed by atoms with Gasteiger partial charge in [0.2, 0.25) is 11.8 Å². The lowest BCUT2D eigenvalue weighted by molar-refractivity contribution is -0.124. The van der Waals surface area contributed by atoms with Crippen molar-refractivity contribution in [2.45, 2.75) is 57.6 Å². The molecule has 2 atom stereocenters. The SMILES string of the molecule is O=C(Cn1nc(C(=O)O)cc1OCc1cccc(Cl)c1)N[C@H]1CCCC[C@@H]1OCc1ccccc1. The molecule has 1 amide bonds. The van der Waals surface area contributed by atoms with Gasteiger partial charge >= 0.3 is 5.97 Å². The average Bonchev–Trinajstić information content (AvgIpc) is 3.25. The van der Waals surface area contributed by atoms with Gasteiger partial charge in [-0.3, -0.25) is 4.79 Å². The van der Waals surface area contributed by atoms with Gasteiger partial charge in [0.1, 0.15) is 13.2 Å². The molecule has 9 heteroatoms. The molecule has 0 bridgehead atoms. The number of carboxylic acid groups (broad SMARTS) is 1. The normalized spacial score (nSPS) is 17.6. The standard InChI is InChI=1S/C26H28ClN3O5/c27-20-10-6-9-19(13-20)17-35-25-14-22(26(32)33)29-30(25)15-24(31)28-21-11-4-5-12-23(21)34-16-18-7-2-1-3-8-18/h1-3,6-10,13-14,21,23H,4-5,11-12,15-17H2,(H,28,31)(H,32,33)/t21-,23-/m0/s1. The summed E-state index contributed by atoms with van der Waals surface area (Å²) in [6.45, 7) is 0.478. The summed E-state index contributed by atoms with van der Waals surface area (Å²) in [5.74, 6) is -1.28. The molecule has 1 aromatic heterocycles. The summed E-state index contributed by atoms with van der Waals surface area (Å²) in [7, 11) is 0. The molecule has 2 N–H and O–H groups in total. The Morgan fingerprint density at radius 1 is 1.03 bits per heavy atom. The number of hydrogen-bond donors (Lipinski definition) is 2. The molecule has 35 heavy (non-hydrogen) atoms. The molecular formula is C26H28ClN3O5. The number of carbonyl (C=O) groups is 2. The van der Waals surface area contributed by atoms with E-state index in [1.165, 1.54) is 10.7 Å². The lowest BCUT2D eigenvalue weighted by Crippen LogP contribution is -2.47. The zero-order valence-electron chi connectivity index (χ0n) is 19.2. The number of ether oxygens (including phenoxy) is 2. The van der Waals surface area contributed by atoms with Crippen molar-refractivity contribution in [3.63, 3.8) is 0 Å². The van der Waals surface area contributed by atoms with Crippen molar-refractivity contribution in [3.05, 3.63) is 82.5 Å². The van der Waals surface area contributed by atoms with Gasteiger partial charge in [-0.1, -0.05) is 66.9 Å². The van der Waals surface area contributed by atoms with Crippen LogP contribution in [0.15, 0.2) is 60.7 Å². The molecule has 0 unspecified atom stereocenters. The average molecular weight is 498 g/mol. The van der Waals surface area contributed by atoms with E-state index >= 15 is 0 Å². The predicted octanol–water partition coefficient (Wildman–Crippen LogP) is 4.46. The number of hydrogen-bond acceptors (Lipinski definition) is 5. The number of benzene rings is 2. The van der Waals surface area contributed by atoms with Gasteiger partial charge in [-0.25, -0.2) is 9.48 Å². The Morgan fingerprint density at radius 3 is 2.57 bits per heavy atom. The van der Waals surface area contributed by atoms with Gasteiger partial charge in [-0.2, -0.15) is 5.10 Å². The second-order valence-corrected chi connectivity index (χ2v) is 8.98. The van der Waals surface area contributed by atoms with Crippen molar-refractivity contribution in [1.29, 1.82) is 0 Å². The van der Waals surface area contributed by atoms with Crippen molar-refractivity contribution in [1.82, 2.24) is 15.1 Å². The maximum atomic E-state index is 12.9. The van der Waals surface area contributed by atoms with Crippen molar-refractivity contribution < 1.29 is 24.2 Å². The van der Waals surface area contributed by atoms with E-state index < -0.39 is 5.97 Å². The van der Waals surface area contributed by atoms with Crippen LogP contribution in [0.25, 0.3) is 0 Å². The monoisotopic (exact) mass is 497 g/mol. The van der Waals surface area contributed by atoms with Crippen LogP contribution in [-0.4, -0.2) is 38.9 Å². The summed E-state index contributed by atoms with van der Waals surface area (Å²) in [4.78, 5) is 24.4. The van der Waals surface area contributed by atoms with Gasteiger partial charge in [-0.05, 0) is 36.1 Å². The van der Waals surface area contributed by atoms with Gasteiger partial charge in [0.15, 0.2) is 5.69 Å². The van der Waals surface area contributed by atoms with Crippen LogP contribution in [0.5, 0.6) is 5.88 Å². The Morgan fingerprint density at radius 2 is 1.80 bits per heavy atom. The largest absolute Gasteiger partial charge is 0.476 e. The summed E-state index contributed by atoms with van der Waals surface area (Å²) in [5, 5.41) is 17.0. The molecule has 1 fully saturated rings. The van der Waals surface area contributed by atoms with E-state index in [1.807, 2.05) is 36.4 Å². The number of carboxylic acids is 1. The zero-order chi connectivity index (χ0) is 24.6. The molecular weight excluding hydrogens is 470 g/mol.